The molecule has 0 bridgehead atoms. The number of aliphatic hydroxyl groups excluding tert-OH is 1. The summed E-state index contributed by atoms with van der Waals surface area (Å²) < 4.78 is 14.0. The number of aliphatic hydroxyl groups is 1. The summed E-state index contributed by atoms with van der Waals surface area (Å²) in [4.78, 5) is 9.13. The van der Waals surface area contributed by atoms with Crippen molar-refractivity contribution in [2.75, 3.05) is 0 Å². The number of hydrogen-bond donors (Lipinski definition) is 1. The molecule has 5 heteroatoms. The van der Waals surface area contributed by atoms with Gasteiger partial charge in [-0.3, -0.25) is 0 Å². The molecule has 1 atom stereocenters. The molecule has 0 amide bonds. The first-order valence-electron chi connectivity index (χ1n) is 6.36. The van der Waals surface area contributed by atoms with Crippen molar-refractivity contribution in [2.24, 2.45) is 0 Å². The fraction of sp³-hybridized carbons (Fsp3) is 0.333. The Kier molecular flexibility index (Phi) is 4.40. The van der Waals surface area contributed by atoms with Gasteiger partial charge in [-0.05, 0) is 56.7 Å². The van der Waals surface area contributed by atoms with Crippen LogP contribution in [0.25, 0.3) is 0 Å². The summed E-state index contributed by atoms with van der Waals surface area (Å²) in [5.74, 6) is -0.368. The highest BCUT2D eigenvalue weighted by Gasteiger charge is 2.16. The molecule has 20 heavy (non-hydrogen) atoms. The van der Waals surface area contributed by atoms with Gasteiger partial charge in [-0.15, -0.1) is 0 Å². The number of aryl methyl sites for hydroxylation is 2. The molecule has 1 heterocycles. The van der Waals surface area contributed by atoms with E-state index in [2.05, 4.69) is 9.97 Å². The smallest absolute Gasteiger partial charge is 0.193 e. The summed E-state index contributed by atoms with van der Waals surface area (Å²) in [6, 6.07) is 4.68. The number of rotatable bonds is 3. The van der Waals surface area contributed by atoms with E-state index < -0.39 is 6.10 Å². The molecule has 0 aliphatic heterocycles. The molecule has 2 rings (SSSR count). The third kappa shape index (κ3) is 2.99. The molecular formula is C15H17FN2OS. The molecule has 1 aromatic heterocycles. The summed E-state index contributed by atoms with van der Waals surface area (Å²) in [5, 5.41) is 10.2. The van der Waals surface area contributed by atoms with Crippen LogP contribution in [0.15, 0.2) is 28.3 Å². The molecule has 1 unspecified atom stereocenters. The van der Waals surface area contributed by atoms with E-state index in [-0.39, 0.29) is 5.82 Å². The summed E-state index contributed by atoms with van der Waals surface area (Å²) in [7, 11) is 0. The molecule has 0 fully saturated rings. The number of halogens is 1. The molecule has 0 radical (unpaired) electrons. The number of nitrogens with zero attached hydrogens (tertiary/aromatic N) is 2. The third-order valence-corrected chi connectivity index (χ3v) is 4.25. The van der Waals surface area contributed by atoms with Crippen LogP contribution in [-0.2, 0) is 0 Å². The normalized spacial score (nSPS) is 12.5. The van der Waals surface area contributed by atoms with Crippen molar-refractivity contribution in [1.82, 2.24) is 9.97 Å². The largest absolute Gasteiger partial charge is 0.389 e. The first-order chi connectivity index (χ1) is 9.40. The zero-order valence-corrected chi connectivity index (χ0v) is 12.8. The Labute approximate surface area is 122 Å². The molecular weight excluding hydrogens is 275 g/mol. The van der Waals surface area contributed by atoms with E-state index in [1.165, 1.54) is 6.07 Å². The standard InChI is InChI=1S/C15H17FN2OS/c1-8-9(2)17-15(18-10(8)3)20-14-12(11(4)19)6-5-7-13(14)16/h5-7,11,19H,1-4H3. The van der Waals surface area contributed by atoms with Gasteiger partial charge in [-0.25, -0.2) is 14.4 Å². The minimum atomic E-state index is -0.735. The Balaban J connectivity index is 2.45. The van der Waals surface area contributed by atoms with Gasteiger partial charge in [0.1, 0.15) is 5.82 Å². The molecule has 1 N–H and O–H groups in total. The second kappa shape index (κ2) is 5.89. The van der Waals surface area contributed by atoms with Crippen LogP contribution in [0.5, 0.6) is 0 Å². The maximum Gasteiger partial charge on any atom is 0.193 e. The van der Waals surface area contributed by atoms with Crippen molar-refractivity contribution in [3.8, 4) is 0 Å². The average molecular weight is 292 g/mol. The van der Waals surface area contributed by atoms with E-state index in [9.17, 15) is 9.50 Å². The maximum absolute atomic E-state index is 14.0. The van der Waals surface area contributed by atoms with Crippen LogP contribution in [0, 0.1) is 26.6 Å². The average Bonchev–Trinajstić information content (AvgIpc) is 2.38. The van der Waals surface area contributed by atoms with Crippen molar-refractivity contribution in [3.05, 3.63) is 46.5 Å². The lowest BCUT2D eigenvalue weighted by atomic mass is 10.1. The summed E-state index contributed by atoms with van der Waals surface area (Å²) in [5.41, 5.74) is 3.36. The summed E-state index contributed by atoms with van der Waals surface area (Å²) >= 11 is 1.15. The Morgan fingerprint density at radius 3 is 2.30 bits per heavy atom. The zero-order chi connectivity index (χ0) is 14.9. The van der Waals surface area contributed by atoms with E-state index in [0.29, 0.717) is 15.6 Å². The quantitative estimate of drug-likeness (QED) is 0.875. The first kappa shape index (κ1) is 14.9. The highest BCUT2D eigenvalue weighted by atomic mass is 32.2. The van der Waals surface area contributed by atoms with Gasteiger partial charge in [0.15, 0.2) is 5.16 Å². The molecule has 2 aromatic rings. The minimum Gasteiger partial charge on any atom is -0.389 e. The lowest BCUT2D eigenvalue weighted by molar-refractivity contribution is 0.195. The fourth-order valence-electron chi connectivity index (χ4n) is 1.84. The topological polar surface area (TPSA) is 46.0 Å². The van der Waals surface area contributed by atoms with Crippen LogP contribution in [0.4, 0.5) is 4.39 Å². The van der Waals surface area contributed by atoms with Gasteiger partial charge in [0.25, 0.3) is 0 Å². The van der Waals surface area contributed by atoms with Crippen molar-refractivity contribution in [1.29, 1.82) is 0 Å². The van der Waals surface area contributed by atoms with Crippen LogP contribution < -0.4 is 0 Å². The molecule has 0 aliphatic rings. The van der Waals surface area contributed by atoms with Crippen LogP contribution in [0.1, 0.15) is 35.5 Å². The Bertz CT molecular complexity index is 621. The van der Waals surface area contributed by atoms with Gasteiger partial charge < -0.3 is 5.11 Å². The summed E-state index contributed by atoms with van der Waals surface area (Å²) in [6.45, 7) is 7.39. The third-order valence-electron chi connectivity index (χ3n) is 3.25. The minimum absolute atomic E-state index is 0.368. The first-order valence-corrected chi connectivity index (χ1v) is 7.18. The highest BCUT2D eigenvalue weighted by molar-refractivity contribution is 7.99. The number of aromatic nitrogens is 2. The molecule has 0 aliphatic carbocycles. The molecule has 0 spiro atoms. The summed E-state index contributed by atoms with van der Waals surface area (Å²) in [6.07, 6.45) is -0.735. The Morgan fingerprint density at radius 2 is 1.75 bits per heavy atom. The highest BCUT2D eigenvalue weighted by Crippen LogP contribution is 2.34. The number of hydrogen-bond acceptors (Lipinski definition) is 4. The van der Waals surface area contributed by atoms with Crippen LogP contribution >= 0.6 is 11.8 Å². The van der Waals surface area contributed by atoms with Crippen LogP contribution in [-0.4, -0.2) is 15.1 Å². The van der Waals surface area contributed by atoms with Crippen molar-refractivity contribution < 1.29 is 9.50 Å². The van der Waals surface area contributed by atoms with Crippen LogP contribution in [0.3, 0.4) is 0 Å². The van der Waals surface area contributed by atoms with E-state index in [1.54, 1.807) is 19.1 Å². The molecule has 106 valence electrons. The lowest BCUT2D eigenvalue weighted by Crippen LogP contribution is -2.00. The van der Waals surface area contributed by atoms with Gasteiger partial charge in [-0.2, -0.15) is 0 Å². The van der Waals surface area contributed by atoms with E-state index in [4.69, 9.17) is 0 Å². The van der Waals surface area contributed by atoms with Crippen LogP contribution in [0.2, 0.25) is 0 Å². The predicted molar refractivity (Wildman–Crippen MR) is 77.4 cm³/mol. The van der Waals surface area contributed by atoms with Gasteiger partial charge in [0.05, 0.1) is 11.0 Å². The maximum atomic E-state index is 14.0. The van der Waals surface area contributed by atoms with Gasteiger partial charge >= 0.3 is 0 Å². The van der Waals surface area contributed by atoms with Gasteiger partial charge in [0, 0.05) is 11.4 Å². The predicted octanol–water partition coefficient (Wildman–Crippen LogP) is 3.75. The second-order valence-corrected chi connectivity index (χ2v) is 5.72. The van der Waals surface area contributed by atoms with E-state index in [1.807, 2.05) is 20.8 Å². The Morgan fingerprint density at radius 1 is 1.15 bits per heavy atom. The molecule has 0 saturated heterocycles. The lowest BCUT2D eigenvalue weighted by Gasteiger charge is -2.12. The second-order valence-electron chi connectivity index (χ2n) is 4.74. The fourth-order valence-corrected chi connectivity index (χ4v) is 2.91. The van der Waals surface area contributed by atoms with Gasteiger partial charge in [-0.1, -0.05) is 12.1 Å². The molecule has 0 saturated carbocycles. The zero-order valence-electron chi connectivity index (χ0n) is 11.9. The van der Waals surface area contributed by atoms with Crippen molar-refractivity contribution in [3.63, 3.8) is 0 Å². The van der Waals surface area contributed by atoms with E-state index >= 15 is 0 Å². The van der Waals surface area contributed by atoms with Crippen molar-refractivity contribution >= 4 is 11.8 Å². The Hall–Kier alpha value is -1.46. The molecule has 3 nitrogen and oxygen atoms in total. The number of benzene rings is 1. The molecule has 1 aromatic carbocycles. The van der Waals surface area contributed by atoms with E-state index in [0.717, 1.165) is 28.7 Å². The SMILES string of the molecule is Cc1nc(Sc2c(F)cccc2C(C)O)nc(C)c1C. The van der Waals surface area contributed by atoms with Crippen molar-refractivity contribution in [2.45, 2.75) is 43.9 Å². The van der Waals surface area contributed by atoms with Gasteiger partial charge in [0.2, 0.25) is 0 Å². The monoisotopic (exact) mass is 292 g/mol.